The summed E-state index contributed by atoms with van der Waals surface area (Å²) in [7, 11) is 0. The van der Waals surface area contributed by atoms with Crippen LogP contribution in [0.1, 0.15) is 245 Å². The number of rotatable bonds is 51. The van der Waals surface area contributed by atoms with E-state index < -0.39 is 124 Å². The summed E-state index contributed by atoms with van der Waals surface area (Å²) in [6.07, 6.45) is 28.5. The minimum Gasteiger partial charge on any atom is -0.394 e. The third-order valence-corrected chi connectivity index (χ3v) is 16.9. The third kappa shape index (κ3) is 31.5. The number of aliphatic hydroxyl groups excluding tert-OH is 11. The molecule has 0 aliphatic carbocycles. The smallest absolute Gasteiger partial charge is 0.220 e. The summed E-state index contributed by atoms with van der Waals surface area (Å²) in [4.78, 5) is 13.4. The Labute approximate surface area is 511 Å². The summed E-state index contributed by atoms with van der Waals surface area (Å²) in [5.74, 6) is -0.286. The number of carbonyl (C=O) groups is 1. The lowest BCUT2D eigenvalue weighted by Gasteiger charge is -2.48. The van der Waals surface area contributed by atoms with Gasteiger partial charge in [-0.15, -0.1) is 0 Å². The molecule has 0 radical (unpaired) electrons. The summed E-state index contributed by atoms with van der Waals surface area (Å²) in [6.45, 7) is 1.70. The van der Waals surface area contributed by atoms with Crippen LogP contribution in [0.3, 0.4) is 0 Å². The fourth-order valence-corrected chi connectivity index (χ4v) is 11.4. The van der Waals surface area contributed by atoms with E-state index in [9.17, 15) is 61.0 Å². The molecule has 0 spiro atoms. The summed E-state index contributed by atoms with van der Waals surface area (Å²) < 4.78 is 34.3. The molecule has 498 valence electrons. The highest BCUT2D eigenvalue weighted by Crippen LogP contribution is 2.33. The molecule has 0 saturated carbocycles. The fourth-order valence-electron chi connectivity index (χ4n) is 11.4. The number of hydrogen-bond acceptors (Lipinski definition) is 18. The zero-order valence-corrected chi connectivity index (χ0v) is 52.3. The van der Waals surface area contributed by atoms with Crippen molar-refractivity contribution in [3.8, 4) is 0 Å². The van der Waals surface area contributed by atoms with Gasteiger partial charge in [-0.2, -0.15) is 0 Å². The van der Waals surface area contributed by atoms with Crippen LogP contribution < -0.4 is 5.32 Å². The van der Waals surface area contributed by atoms with Crippen molar-refractivity contribution in [1.29, 1.82) is 0 Å². The summed E-state index contributed by atoms with van der Waals surface area (Å²) in [5.41, 5.74) is 0. The maximum Gasteiger partial charge on any atom is 0.220 e. The topological polar surface area (TPSA) is 307 Å². The molecule has 85 heavy (non-hydrogen) atoms. The molecule has 0 aromatic heterocycles. The maximum atomic E-state index is 13.4. The average molecular weight is 1220 g/mol. The quantitative estimate of drug-likeness (QED) is 0.0202. The Kier molecular flexibility index (Phi) is 44.4. The molecule has 19 nitrogen and oxygen atoms in total. The lowest BCUT2D eigenvalue weighted by Crippen LogP contribution is -2.66. The van der Waals surface area contributed by atoms with Gasteiger partial charge in [0, 0.05) is 6.42 Å². The Balaban J connectivity index is 1.44. The van der Waals surface area contributed by atoms with Crippen LogP contribution in [0.15, 0.2) is 36.5 Å². The molecular weight excluding hydrogens is 1090 g/mol. The molecule has 3 aliphatic heterocycles. The van der Waals surface area contributed by atoms with E-state index in [1.165, 1.54) is 167 Å². The molecule has 3 rings (SSSR count). The van der Waals surface area contributed by atoms with Gasteiger partial charge in [-0.1, -0.05) is 230 Å². The van der Waals surface area contributed by atoms with Crippen LogP contribution >= 0.6 is 0 Å². The van der Waals surface area contributed by atoms with Crippen LogP contribution in [0, 0.1) is 0 Å². The second kappa shape index (κ2) is 48.8. The highest BCUT2D eigenvalue weighted by Gasteiger charge is 2.53. The summed E-state index contributed by atoms with van der Waals surface area (Å²) in [6, 6.07) is -0.993. The van der Waals surface area contributed by atoms with Gasteiger partial charge in [-0.25, -0.2) is 0 Å². The largest absolute Gasteiger partial charge is 0.394 e. The standard InChI is InChI=1S/C66H121NO18/c1-3-5-7-9-11-13-15-17-19-20-21-22-23-24-25-26-27-28-30-32-34-36-38-40-42-44-54(72)67-49(50(71)43-41-39-37-35-33-31-29-18-16-14-12-10-8-6-4-2)48-80-64-60(78)57(75)62(52(46-69)82-64)85-66-61(79)58(76)63(53(47-70)83-66)84-65-59(77)56(74)55(73)51(45-68)81-65/h16,18,33,35,41,43,49-53,55-66,68-71,73-79H,3-15,17,19-32,34,36-40,42,44-48H2,1-2H3,(H,67,72)/b18-16+,35-33+,43-41+. The molecular formula is C66H121NO18. The van der Waals surface area contributed by atoms with Crippen molar-refractivity contribution in [1.82, 2.24) is 5.32 Å². The average Bonchev–Trinajstić information content (AvgIpc) is 3.08. The van der Waals surface area contributed by atoms with Crippen molar-refractivity contribution >= 4 is 5.91 Å². The number of carbonyl (C=O) groups excluding carboxylic acids is 1. The maximum absolute atomic E-state index is 13.4. The van der Waals surface area contributed by atoms with Gasteiger partial charge in [-0.05, 0) is 44.9 Å². The number of hydrogen-bond donors (Lipinski definition) is 12. The monoisotopic (exact) mass is 1220 g/mol. The molecule has 1 amide bonds. The number of nitrogens with one attached hydrogen (secondary N) is 1. The molecule has 3 aliphatic rings. The van der Waals surface area contributed by atoms with Crippen molar-refractivity contribution in [3.05, 3.63) is 36.5 Å². The SMILES string of the molecule is CCCCCCC/C=C/CC/C=C/CC/C=C/C(O)C(COC1OC(CO)C(OC2OC(CO)C(OC3OC(CO)C(O)C(O)C3O)C(O)C2O)C(O)C1O)NC(=O)CCCCCCCCCCCCCCCCCCCCCCCCCCC. The second-order valence-electron chi connectivity index (χ2n) is 24.3. The Morgan fingerprint density at radius 2 is 0.753 bits per heavy atom. The lowest BCUT2D eigenvalue weighted by molar-refractivity contribution is -0.379. The van der Waals surface area contributed by atoms with E-state index in [4.69, 9.17) is 28.4 Å². The molecule has 0 aromatic carbocycles. The van der Waals surface area contributed by atoms with E-state index in [2.05, 4.69) is 43.5 Å². The Hall–Kier alpha value is -1.99. The van der Waals surface area contributed by atoms with Gasteiger partial charge in [0.1, 0.15) is 73.2 Å². The van der Waals surface area contributed by atoms with Crippen LogP contribution in [0.25, 0.3) is 0 Å². The van der Waals surface area contributed by atoms with E-state index in [-0.39, 0.29) is 18.9 Å². The van der Waals surface area contributed by atoms with E-state index in [1.54, 1.807) is 6.08 Å². The number of allylic oxidation sites excluding steroid dienone is 5. The molecule has 0 bridgehead atoms. The van der Waals surface area contributed by atoms with Crippen LogP contribution in [0.2, 0.25) is 0 Å². The van der Waals surface area contributed by atoms with Gasteiger partial charge in [-0.3, -0.25) is 4.79 Å². The molecule has 17 atom stereocenters. The predicted octanol–water partition coefficient (Wildman–Crippen LogP) is 8.05. The fraction of sp³-hybridized carbons (Fsp3) is 0.894. The lowest BCUT2D eigenvalue weighted by atomic mass is 9.96. The molecule has 3 fully saturated rings. The Morgan fingerprint density at radius 1 is 0.412 bits per heavy atom. The number of unbranched alkanes of at least 4 members (excludes halogenated alkanes) is 31. The summed E-state index contributed by atoms with van der Waals surface area (Å²) in [5, 5.41) is 120. The number of amides is 1. The van der Waals surface area contributed by atoms with Crippen LogP contribution in [-0.4, -0.2) is 193 Å². The van der Waals surface area contributed by atoms with E-state index in [1.807, 2.05) is 6.08 Å². The van der Waals surface area contributed by atoms with Gasteiger partial charge in [0.25, 0.3) is 0 Å². The van der Waals surface area contributed by atoms with E-state index in [0.717, 1.165) is 44.9 Å². The molecule has 3 heterocycles. The minimum absolute atomic E-state index is 0.236. The highest BCUT2D eigenvalue weighted by atomic mass is 16.8. The first-order valence-corrected chi connectivity index (χ1v) is 33.7. The van der Waals surface area contributed by atoms with Crippen LogP contribution in [0.5, 0.6) is 0 Å². The van der Waals surface area contributed by atoms with E-state index >= 15 is 0 Å². The van der Waals surface area contributed by atoms with Gasteiger partial charge in [0.05, 0.1) is 38.6 Å². The minimum atomic E-state index is -1.98. The molecule has 3 saturated heterocycles. The zero-order chi connectivity index (χ0) is 61.9. The van der Waals surface area contributed by atoms with Gasteiger partial charge in [0.15, 0.2) is 18.9 Å². The second-order valence-corrected chi connectivity index (χ2v) is 24.3. The van der Waals surface area contributed by atoms with Crippen molar-refractivity contribution < 1.29 is 89.4 Å². The number of aliphatic hydroxyl groups is 11. The zero-order valence-electron chi connectivity index (χ0n) is 52.3. The first kappa shape index (κ1) is 77.3. The van der Waals surface area contributed by atoms with Crippen molar-refractivity contribution in [2.24, 2.45) is 0 Å². The summed E-state index contributed by atoms with van der Waals surface area (Å²) >= 11 is 0. The van der Waals surface area contributed by atoms with Gasteiger partial charge >= 0.3 is 0 Å². The predicted molar refractivity (Wildman–Crippen MR) is 328 cm³/mol. The molecule has 0 aromatic rings. The van der Waals surface area contributed by atoms with Crippen LogP contribution in [-0.2, 0) is 33.2 Å². The third-order valence-electron chi connectivity index (χ3n) is 16.9. The van der Waals surface area contributed by atoms with Gasteiger partial charge in [0.2, 0.25) is 5.91 Å². The Morgan fingerprint density at radius 3 is 1.18 bits per heavy atom. The van der Waals surface area contributed by atoms with Crippen molar-refractivity contribution in [2.75, 3.05) is 26.4 Å². The van der Waals surface area contributed by atoms with Crippen molar-refractivity contribution in [2.45, 2.75) is 349 Å². The number of ether oxygens (including phenoxy) is 6. The molecule has 19 heteroatoms. The van der Waals surface area contributed by atoms with Crippen LogP contribution in [0.4, 0.5) is 0 Å². The van der Waals surface area contributed by atoms with Crippen molar-refractivity contribution in [3.63, 3.8) is 0 Å². The first-order chi connectivity index (χ1) is 41.3. The molecule has 17 unspecified atom stereocenters. The highest BCUT2D eigenvalue weighted by molar-refractivity contribution is 5.76. The van der Waals surface area contributed by atoms with Gasteiger partial charge < -0.3 is 89.9 Å². The first-order valence-electron chi connectivity index (χ1n) is 33.7. The normalized spacial score (nSPS) is 29.2. The Bertz CT molecular complexity index is 1690. The van der Waals surface area contributed by atoms with E-state index in [0.29, 0.717) is 12.8 Å². The molecule has 12 N–H and O–H groups in total.